The Morgan fingerprint density at radius 2 is 1.94 bits per heavy atom. The number of carbonyl (C=O) groups excluding carboxylic acids is 2. The third-order valence-electron chi connectivity index (χ3n) is 3.65. The molecule has 3 nitrogen and oxygen atoms in total. The highest BCUT2D eigenvalue weighted by atomic mass is 16.2. The van der Waals surface area contributed by atoms with Crippen molar-refractivity contribution in [2.75, 3.05) is 0 Å². The van der Waals surface area contributed by atoms with Gasteiger partial charge in [-0.05, 0) is 26.7 Å². The molecule has 0 bridgehead atoms. The second-order valence-corrected chi connectivity index (χ2v) is 5.49. The number of hydrogen-bond acceptors (Lipinski definition) is 2. The van der Waals surface area contributed by atoms with Crippen molar-refractivity contribution >= 4 is 11.8 Å². The number of likely N-dealkylation sites (tertiary alicyclic amines) is 1. The molecule has 3 heteroatoms. The van der Waals surface area contributed by atoms with Gasteiger partial charge in [0.25, 0.3) is 0 Å². The van der Waals surface area contributed by atoms with Crippen LogP contribution in [0.3, 0.4) is 0 Å². The van der Waals surface area contributed by atoms with Gasteiger partial charge < -0.3 is 0 Å². The van der Waals surface area contributed by atoms with Gasteiger partial charge in [-0.25, -0.2) is 0 Å². The molecule has 0 radical (unpaired) electrons. The van der Waals surface area contributed by atoms with Crippen molar-refractivity contribution in [1.82, 2.24) is 4.90 Å². The number of imide groups is 1. The molecule has 1 aliphatic heterocycles. The highest BCUT2D eigenvalue weighted by Gasteiger charge is 2.53. The van der Waals surface area contributed by atoms with Crippen LogP contribution in [0.1, 0.15) is 41.0 Å². The lowest BCUT2D eigenvalue weighted by atomic mass is 9.77. The van der Waals surface area contributed by atoms with Crippen LogP contribution in [0, 0.1) is 23.7 Å². The van der Waals surface area contributed by atoms with Gasteiger partial charge in [0.2, 0.25) is 11.8 Å². The molecule has 0 aromatic heterocycles. The molecule has 88 valence electrons. The fourth-order valence-electron chi connectivity index (χ4n) is 1.92. The molecule has 1 aliphatic rings. The first-order valence-electron chi connectivity index (χ1n) is 5.52. The number of hydrogen-bond donors (Lipinski definition) is 0. The molecule has 1 atom stereocenters. The predicted molar refractivity (Wildman–Crippen MR) is 62.3 cm³/mol. The highest BCUT2D eigenvalue weighted by Crippen LogP contribution is 2.41. The zero-order chi connectivity index (χ0) is 12.7. The largest absolute Gasteiger partial charge is 0.274 e. The molecule has 1 rings (SSSR count). The topological polar surface area (TPSA) is 37.4 Å². The van der Waals surface area contributed by atoms with Crippen LogP contribution in [0.5, 0.6) is 0 Å². The van der Waals surface area contributed by atoms with Crippen LogP contribution >= 0.6 is 0 Å². The van der Waals surface area contributed by atoms with Gasteiger partial charge in [-0.3, -0.25) is 14.5 Å². The van der Waals surface area contributed by atoms with E-state index in [1.54, 1.807) is 13.8 Å². The second kappa shape index (κ2) is 3.62. The smallest absolute Gasteiger partial charge is 0.237 e. The van der Waals surface area contributed by atoms with Crippen LogP contribution in [0.4, 0.5) is 0 Å². The highest BCUT2D eigenvalue weighted by molar-refractivity contribution is 6.06. The Morgan fingerprint density at radius 3 is 2.25 bits per heavy atom. The van der Waals surface area contributed by atoms with Gasteiger partial charge in [-0.1, -0.05) is 19.8 Å². The van der Waals surface area contributed by atoms with Gasteiger partial charge in [-0.2, -0.15) is 0 Å². The molecule has 0 spiro atoms. The standard InChI is InChI=1S/C13H19NO2/c1-7-12(4,5)14-10(15)8-13(6,9(2)3)11(14)16/h1,9H,8H2,2-6H3. The quantitative estimate of drug-likeness (QED) is 0.527. The fourth-order valence-corrected chi connectivity index (χ4v) is 1.92. The summed E-state index contributed by atoms with van der Waals surface area (Å²) in [5, 5.41) is 0. The fraction of sp³-hybridized carbons (Fsp3) is 0.692. The minimum absolute atomic E-state index is 0.127. The zero-order valence-electron chi connectivity index (χ0n) is 10.6. The maximum absolute atomic E-state index is 12.3. The van der Waals surface area contributed by atoms with Crippen LogP contribution in [-0.2, 0) is 9.59 Å². The van der Waals surface area contributed by atoms with E-state index in [1.807, 2.05) is 20.8 Å². The Bertz CT molecular complexity index is 376. The van der Waals surface area contributed by atoms with Crippen molar-refractivity contribution < 1.29 is 9.59 Å². The summed E-state index contributed by atoms with van der Waals surface area (Å²) < 4.78 is 0. The Morgan fingerprint density at radius 1 is 1.44 bits per heavy atom. The van der Waals surface area contributed by atoms with Crippen molar-refractivity contribution in [3.63, 3.8) is 0 Å². The van der Waals surface area contributed by atoms with Crippen LogP contribution < -0.4 is 0 Å². The molecule has 0 aromatic carbocycles. The average Bonchev–Trinajstić information content (AvgIpc) is 2.39. The molecule has 0 aliphatic carbocycles. The lowest BCUT2D eigenvalue weighted by molar-refractivity contribution is -0.145. The number of nitrogens with zero attached hydrogens (tertiary/aromatic N) is 1. The summed E-state index contributed by atoms with van der Waals surface area (Å²) in [4.78, 5) is 25.5. The summed E-state index contributed by atoms with van der Waals surface area (Å²) in [5.74, 6) is 2.33. The van der Waals surface area contributed by atoms with E-state index in [2.05, 4.69) is 5.92 Å². The lowest BCUT2D eigenvalue weighted by Crippen LogP contribution is -2.48. The Kier molecular flexibility index (Phi) is 2.89. The molecule has 0 aromatic rings. The summed E-state index contributed by atoms with van der Waals surface area (Å²) in [7, 11) is 0. The molecule has 1 unspecified atom stereocenters. The first-order chi connectivity index (χ1) is 7.16. The van der Waals surface area contributed by atoms with E-state index >= 15 is 0 Å². The average molecular weight is 221 g/mol. The van der Waals surface area contributed by atoms with E-state index in [0.29, 0.717) is 0 Å². The SMILES string of the molecule is C#CC(C)(C)N1C(=O)CC(C)(C(C)C)C1=O. The van der Waals surface area contributed by atoms with Crippen molar-refractivity contribution in [2.24, 2.45) is 11.3 Å². The van der Waals surface area contributed by atoms with Crippen molar-refractivity contribution in [3.8, 4) is 12.3 Å². The van der Waals surface area contributed by atoms with E-state index in [9.17, 15) is 9.59 Å². The van der Waals surface area contributed by atoms with E-state index in [0.717, 1.165) is 0 Å². The van der Waals surface area contributed by atoms with Gasteiger partial charge in [0.05, 0.1) is 5.41 Å². The second-order valence-electron chi connectivity index (χ2n) is 5.49. The molecule has 1 fully saturated rings. The van der Waals surface area contributed by atoms with Gasteiger partial charge in [0.15, 0.2) is 0 Å². The normalized spacial score (nSPS) is 26.4. The minimum Gasteiger partial charge on any atom is -0.274 e. The molecular weight excluding hydrogens is 202 g/mol. The molecule has 0 N–H and O–H groups in total. The summed E-state index contributed by atoms with van der Waals surface area (Å²) in [6, 6.07) is 0. The summed E-state index contributed by atoms with van der Waals surface area (Å²) in [6.45, 7) is 9.18. The van der Waals surface area contributed by atoms with E-state index in [1.165, 1.54) is 4.90 Å². The Labute approximate surface area is 97.2 Å². The zero-order valence-corrected chi connectivity index (χ0v) is 10.6. The first-order valence-corrected chi connectivity index (χ1v) is 5.52. The number of rotatable bonds is 2. The van der Waals surface area contributed by atoms with E-state index in [4.69, 9.17) is 6.42 Å². The van der Waals surface area contributed by atoms with Crippen LogP contribution in [0.15, 0.2) is 0 Å². The number of terminal acetylenes is 1. The minimum atomic E-state index is -0.833. The number of amides is 2. The molecule has 1 heterocycles. The predicted octanol–water partition coefficient (Wildman–Crippen LogP) is 1.82. The third-order valence-corrected chi connectivity index (χ3v) is 3.65. The van der Waals surface area contributed by atoms with Crippen molar-refractivity contribution in [2.45, 2.75) is 46.6 Å². The van der Waals surface area contributed by atoms with Gasteiger partial charge in [-0.15, -0.1) is 6.42 Å². The maximum Gasteiger partial charge on any atom is 0.237 e. The number of carbonyl (C=O) groups is 2. The monoisotopic (exact) mass is 221 g/mol. The summed E-state index contributed by atoms with van der Waals surface area (Å²) >= 11 is 0. The van der Waals surface area contributed by atoms with Crippen molar-refractivity contribution in [1.29, 1.82) is 0 Å². The van der Waals surface area contributed by atoms with E-state index in [-0.39, 0.29) is 24.2 Å². The molecule has 0 saturated carbocycles. The van der Waals surface area contributed by atoms with Crippen molar-refractivity contribution in [3.05, 3.63) is 0 Å². The maximum atomic E-state index is 12.3. The van der Waals surface area contributed by atoms with Crippen LogP contribution in [0.25, 0.3) is 0 Å². The third kappa shape index (κ3) is 1.63. The van der Waals surface area contributed by atoms with Gasteiger partial charge >= 0.3 is 0 Å². The lowest BCUT2D eigenvalue weighted by Gasteiger charge is -2.32. The molecule has 1 saturated heterocycles. The Hall–Kier alpha value is -1.30. The van der Waals surface area contributed by atoms with Crippen LogP contribution in [-0.4, -0.2) is 22.3 Å². The van der Waals surface area contributed by atoms with Crippen LogP contribution in [0.2, 0.25) is 0 Å². The molecule has 2 amide bonds. The summed E-state index contributed by atoms with van der Waals surface area (Å²) in [6.07, 6.45) is 5.64. The van der Waals surface area contributed by atoms with E-state index < -0.39 is 11.0 Å². The van der Waals surface area contributed by atoms with Gasteiger partial charge in [0, 0.05) is 6.42 Å². The van der Waals surface area contributed by atoms with Gasteiger partial charge in [0.1, 0.15) is 5.54 Å². The molecule has 16 heavy (non-hydrogen) atoms. The Balaban J connectivity index is 3.16. The summed E-state index contributed by atoms with van der Waals surface area (Å²) in [5.41, 5.74) is -1.44. The first kappa shape index (κ1) is 12.8. The molecular formula is C13H19NO2.